The van der Waals surface area contributed by atoms with Crippen molar-refractivity contribution in [2.24, 2.45) is 29.4 Å². The maximum Gasteiger partial charge on any atom is 0.336 e. The highest BCUT2D eigenvalue weighted by molar-refractivity contribution is 5.92. The number of imidazole rings is 1. The lowest BCUT2D eigenvalue weighted by Gasteiger charge is -2.36. The van der Waals surface area contributed by atoms with Crippen LogP contribution in [-0.2, 0) is 6.54 Å². The van der Waals surface area contributed by atoms with Crippen LogP contribution < -0.4 is 16.2 Å². The normalized spacial score (nSPS) is 22.0. The van der Waals surface area contributed by atoms with Crippen LogP contribution in [0.1, 0.15) is 44.8 Å². The fourth-order valence-corrected chi connectivity index (χ4v) is 4.66. The predicted molar refractivity (Wildman–Crippen MR) is 115 cm³/mol. The number of rotatable bonds is 6. The van der Waals surface area contributed by atoms with Crippen molar-refractivity contribution in [3.8, 4) is 18.1 Å². The number of aromatic nitrogens is 2. The van der Waals surface area contributed by atoms with Gasteiger partial charge in [-0.3, -0.25) is 9.36 Å². The predicted octanol–water partition coefficient (Wildman–Crippen LogP) is 3.12. The van der Waals surface area contributed by atoms with E-state index in [4.69, 9.17) is 16.9 Å². The fourth-order valence-electron chi connectivity index (χ4n) is 4.66. The monoisotopic (exact) mass is 397 g/mol. The van der Waals surface area contributed by atoms with Crippen molar-refractivity contribution in [2.45, 2.75) is 46.6 Å². The van der Waals surface area contributed by atoms with Crippen LogP contribution in [0.15, 0.2) is 23.0 Å². The summed E-state index contributed by atoms with van der Waals surface area (Å²) in [4.78, 5) is 26.9. The van der Waals surface area contributed by atoms with Gasteiger partial charge in [0, 0.05) is 25.1 Å². The lowest BCUT2D eigenvalue weighted by Crippen LogP contribution is -2.40. The van der Waals surface area contributed by atoms with Gasteiger partial charge in [0.2, 0.25) is 5.91 Å². The van der Waals surface area contributed by atoms with Crippen molar-refractivity contribution in [1.29, 1.82) is 0 Å². The Morgan fingerprint density at radius 1 is 1.34 bits per heavy atom. The van der Waals surface area contributed by atoms with E-state index in [2.05, 4.69) is 26.7 Å². The second-order valence-electron chi connectivity index (χ2n) is 8.47. The number of hydrogen-bond acceptors (Lipinski definition) is 4. The van der Waals surface area contributed by atoms with E-state index in [1.807, 2.05) is 0 Å². The molecule has 2 aromatic rings. The Morgan fingerprint density at radius 2 is 2.10 bits per heavy atom. The molecule has 0 radical (unpaired) electrons. The second kappa shape index (κ2) is 8.87. The molecular formula is C23H31N3O3. The third-order valence-electron chi connectivity index (χ3n) is 6.14. The fraction of sp³-hybridized carbons (Fsp3) is 0.565. The number of nitrogens with two attached hydrogens (primary N) is 1. The van der Waals surface area contributed by atoms with E-state index in [0.29, 0.717) is 41.7 Å². The molecule has 6 heteroatoms. The lowest BCUT2D eigenvalue weighted by molar-refractivity contribution is 0.0633. The van der Waals surface area contributed by atoms with Crippen LogP contribution in [0.2, 0.25) is 0 Å². The SMILES string of the molecule is C#CCOc1ccc2c(c1)n(CCN)c(=O)n2C(=O)[C@@H]1C[C@H](C)CC[C@H]1C(C)C. The van der Waals surface area contributed by atoms with Crippen LogP contribution in [0.5, 0.6) is 5.75 Å². The van der Waals surface area contributed by atoms with Crippen molar-refractivity contribution in [3.63, 3.8) is 0 Å². The number of fused-ring (bicyclic) bond motifs is 1. The van der Waals surface area contributed by atoms with Gasteiger partial charge in [-0.15, -0.1) is 6.42 Å². The van der Waals surface area contributed by atoms with Gasteiger partial charge < -0.3 is 10.5 Å². The highest BCUT2D eigenvalue weighted by atomic mass is 16.5. The van der Waals surface area contributed by atoms with Crippen molar-refractivity contribution < 1.29 is 9.53 Å². The molecule has 0 bridgehead atoms. The smallest absolute Gasteiger partial charge is 0.336 e. The summed E-state index contributed by atoms with van der Waals surface area (Å²) in [6.07, 6.45) is 8.25. The largest absolute Gasteiger partial charge is 0.481 e. The topological polar surface area (TPSA) is 79.2 Å². The summed E-state index contributed by atoms with van der Waals surface area (Å²) in [5, 5.41) is 0. The third kappa shape index (κ3) is 4.11. The maximum absolute atomic E-state index is 13.6. The number of carbonyl (C=O) groups is 1. The van der Waals surface area contributed by atoms with Gasteiger partial charge in [-0.1, -0.05) is 33.1 Å². The zero-order valence-electron chi connectivity index (χ0n) is 17.6. The summed E-state index contributed by atoms with van der Waals surface area (Å²) in [7, 11) is 0. The molecule has 3 atom stereocenters. The molecule has 0 aliphatic heterocycles. The molecule has 0 unspecified atom stereocenters. The minimum Gasteiger partial charge on any atom is -0.481 e. The Kier molecular flexibility index (Phi) is 6.49. The molecule has 0 saturated heterocycles. The molecule has 29 heavy (non-hydrogen) atoms. The first kappa shape index (κ1) is 21.2. The number of benzene rings is 1. The highest BCUT2D eigenvalue weighted by Crippen LogP contribution is 2.39. The third-order valence-corrected chi connectivity index (χ3v) is 6.14. The van der Waals surface area contributed by atoms with E-state index in [1.165, 1.54) is 4.57 Å². The van der Waals surface area contributed by atoms with Crippen LogP contribution >= 0.6 is 0 Å². The first-order valence-electron chi connectivity index (χ1n) is 10.4. The first-order valence-corrected chi connectivity index (χ1v) is 10.4. The van der Waals surface area contributed by atoms with Gasteiger partial charge in [0.1, 0.15) is 12.4 Å². The molecule has 0 amide bonds. The Morgan fingerprint density at radius 3 is 2.76 bits per heavy atom. The van der Waals surface area contributed by atoms with E-state index in [9.17, 15) is 9.59 Å². The van der Waals surface area contributed by atoms with Gasteiger partial charge in [0.15, 0.2) is 0 Å². The van der Waals surface area contributed by atoms with Gasteiger partial charge in [-0.2, -0.15) is 0 Å². The summed E-state index contributed by atoms with van der Waals surface area (Å²) in [6.45, 7) is 7.29. The molecule has 3 rings (SSSR count). The van der Waals surface area contributed by atoms with E-state index in [1.54, 1.807) is 22.8 Å². The molecule has 1 saturated carbocycles. The van der Waals surface area contributed by atoms with E-state index in [0.717, 1.165) is 19.3 Å². The van der Waals surface area contributed by atoms with Crippen LogP contribution in [0, 0.1) is 36.0 Å². The molecule has 1 aliphatic carbocycles. The Hall–Kier alpha value is -2.52. The highest BCUT2D eigenvalue weighted by Gasteiger charge is 2.37. The van der Waals surface area contributed by atoms with Gasteiger partial charge in [-0.05, 0) is 42.7 Å². The summed E-state index contributed by atoms with van der Waals surface area (Å²) in [5.41, 5.74) is 6.65. The standard InChI is InChI=1S/C23H31N3O3/c1-5-12-29-17-7-9-20-21(14-17)25(11-10-24)23(28)26(20)22(27)19-13-16(4)6-8-18(19)15(2)3/h1,7,9,14-16,18-19H,6,8,10-13,24H2,2-4H3/t16-,18+,19-/m1/s1. The second-order valence-corrected chi connectivity index (χ2v) is 8.47. The van der Waals surface area contributed by atoms with Crippen LogP contribution in [0.25, 0.3) is 11.0 Å². The zero-order valence-corrected chi connectivity index (χ0v) is 17.6. The molecule has 1 aromatic carbocycles. The average molecular weight is 398 g/mol. The molecule has 1 aromatic heterocycles. The lowest BCUT2D eigenvalue weighted by atomic mass is 9.69. The minimum absolute atomic E-state index is 0.0988. The first-order chi connectivity index (χ1) is 13.9. The molecule has 1 aliphatic rings. The maximum atomic E-state index is 13.6. The molecular weight excluding hydrogens is 366 g/mol. The summed E-state index contributed by atoms with van der Waals surface area (Å²) in [6, 6.07) is 5.28. The van der Waals surface area contributed by atoms with Crippen molar-refractivity contribution >= 4 is 16.9 Å². The summed E-state index contributed by atoms with van der Waals surface area (Å²) < 4.78 is 8.43. The molecule has 156 valence electrons. The van der Waals surface area contributed by atoms with Crippen LogP contribution in [-0.4, -0.2) is 28.2 Å². The molecule has 1 fully saturated rings. The summed E-state index contributed by atoms with van der Waals surface area (Å²) >= 11 is 0. The van der Waals surface area contributed by atoms with E-state index < -0.39 is 0 Å². The van der Waals surface area contributed by atoms with Crippen molar-refractivity contribution in [1.82, 2.24) is 9.13 Å². The number of terminal acetylenes is 1. The van der Waals surface area contributed by atoms with Gasteiger partial charge in [0.05, 0.1) is 11.0 Å². The Balaban J connectivity index is 2.10. The van der Waals surface area contributed by atoms with Gasteiger partial charge >= 0.3 is 5.69 Å². The number of hydrogen-bond donors (Lipinski definition) is 1. The summed E-state index contributed by atoms with van der Waals surface area (Å²) in [5.74, 6) is 3.92. The quantitative estimate of drug-likeness (QED) is 0.760. The molecule has 1 heterocycles. The molecule has 0 spiro atoms. The van der Waals surface area contributed by atoms with Crippen molar-refractivity contribution in [3.05, 3.63) is 28.7 Å². The van der Waals surface area contributed by atoms with Crippen molar-refractivity contribution in [2.75, 3.05) is 13.2 Å². The Bertz CT molecular complexity index is 980. The van der Waals surface area contributed by atoms with Gasteiger partial charge in [-0.25, -0.2) is 9.36 Å². The zero-order chi connectivity index (χ0) is 21.1. The van der Waals surface area contributed by atoms with Crippen LogP contribution in [0.3, 0.4) is 0 Å². The minimum atomic E-state index is -0.328. The number of ether oxygens (including phenoxy) is 1. The Labute approximate surface area is 172 Å². The number of carbonyl (C=O) groups excluding carboxylic acids is 1. The van der Waals surface area contributed by atoms with Gasteiger partial charge in [0.25, 0.3) is 0 Å². The van der Waals surface area contributed by atoms with E-state index >= 15 is 0 Å². The number of nitrogens with zero attached hydrogens (tertiary/aromatic N) is 2. The molecule has 6 nitrogen and oxygen atoms in total. The average Bonchev–Trinajstić information content (AvgIpc) is 2.97. The van der Waals surface area contributed by atoms with Crippen LogP contribution in [0.4, 0.5) is 0 Å². The molecule has 2 N–H and O–H groups in total. The van der Waals surface area contributed by atoms with E-state index in [-0.39, 0.29) is 30.0 Å².